The molecule has 0 unspecified atom stereocenters. The molecule has 1 aromatic heterocycles. The minimum atomic E-state index is -0.159. The highest BCUT2D eigenvalue weighted by Gasteiger charge is 2.10. The van der Waals surface area contributed by atoms with Crippen LogP contribution in [0.15, 0.2) is 91.3 Å². The van der Waals surface area contributed by atoms with Gasteiger partial charge in [0.1, 0.15) is 5.75 Å². The third-order valence-corrected chi connectivity index (χ3v) is 4.45. The number of hydrogen-bond donors (Lipinski definition) is 1. The Morgan fingerprint density at radius 2 is 1.52 bits per heavy atom. The van der Waals surface area contributed by atoms with E-state index in [9.17, 15) is 4.79 Å². The maximum absolute atomic E-state index is 12.6. The maximum Gasteiger partial charge on any atom is 0.321 e. The predicted octanol–water partition coefficient (Wildman–Crippen LogP) is 5.50. The molecule has 0 atom stereocenters. The summed E-state index contributed by atoms with van der Waals surface area (Å²) in [6.45, 7) is 1.91. The van der Waals surface area contributed by atoms with Gasteiger partial charge in [-0.3, -0.25) is 4.79 Å². The van der Waals surface area contributed by atoms with Crippen LogP contribution in [0.2, 0.25) is 0 Å². The molecule has 4 aromatic rings. The number of nitrogens with one attached hydrogen (secondary N) is 1. The Morgan fingerprint density at radius 3 is 2.21 bits per heavy atom. The molecule has 1 N–H and O–H groups in total. The Balaban J connectivity index is 1.45. The molecular weight excluding hydrogens is 362 g/mol. The average molecular weight is 381 g/mol. The summed E-state index contributed by atoms with van der Waals surface area (Å²) in [5.74, 6) is 0.451. The van der Waals surface area contributed by atoms with Crippen LogP contribution in [0.1, 0.15) is 15.9 Å². The van der Waals surface area contributed by atoms with E-state index in [0.29, 0.717) is 11.3 Å². The van der Waals surface area contributed by atoms with E-state index < -0.39 is 0 Å². The first-order valence-corrected chi connectivity index (χ1v) is 9.21. The molecule has 0 fully saturated rings. The first kappa shape index (κ1) is 18.4. The Labute approximate surface area is 169 Å². The number of ether oxygens (including phenoxy) is 1. The van der Waals surface area contributed by atoms with Gasteiger partial charge in [-0.05, 0) is 60.0 Å². The molecule has 1 amide bonds. The van der Waals surface area contributed by atoms with Crippen LogP contribution in [0.5, 0.6) is 11.8 Å². The number of carbonyl (C=O) groups is 1. The Morgan fingerprint density at radius 1 is 0.828 bits per heavy atom. The highest BCUT2D eigenvalue weighted by atomic mass is 16.5. The van der Waals surface area contributed by atoms with E-state index in [-0.39, 0.29) is 11.9 Å². The molecule has 0 radical (unpaired) electrons. The summed E-state index contributed by atoms with van der Waals surface area (Å²) in [6, 6.07) is 25.1. The summed E-state index contributed by atoms with van der Waals surface area (Å²) in [7, 11) is 0. The average Bonchev–Trinajstić information content (AvgIpc) is 2.77. The van der Waals surface area contributed by atoms with Crippen molar-refractivity contribution in [3.63, 3.8) is 0 Å². The Hall–Kier alpha value is -3.99. The van der Waals surface area contributed by atoms with E-state index >= 15 is 0 Å². The second-order valence-corrected chi connectivity index (χ2v) is 6.51. The SMILES string of the molecule is Cc1cc(Oc2ncccn2)ccc1NC(=O)c1ccc(-c2ccccc2)cc1. The van der Waals surface area contributed by atoms with E-state index in [1.165, 1.54) is 0 Å². The number of rotatable bonds is 5. The lowest BCUT2D eigenvalue weighted by Crippen LogP contribution is -2.12. The van der Waals surface area contributed by atoms with Crippen LogP contribution in [0, 0.1) is 6.92 Å². The van der Waals surface area contributed by atoms with Crippen molar-refractivity contribution in [2.75, 3.05) is 5.32 Å². The zero-order chi connectivity index (χ0) is 20.1. The van der Waals surface area contributed by atoms with Crippen LogP contribution in [0.25, 0.3) is 11.1 Å². The molecule has 29 heavy (non-hydrogen) atoms. The number of carbonyl (C=O) groups excluding carboxylic acids is 1. The molecule has 0 aliphatic rings. The molecule has 3 aromatic carbocycles. The first-order chi connectivity index (χ1) is 14.2. The van der Waals surface area contributed by atoms with Gasteiger partial charge in [-0.2, -0.15) is 0 Å². The molecule has 0 saturated carbocycles. The van der Waals surface area contributed by atoms with Crippen molar-refractivity contribution in [1.29, 1.82) is 0 Å². The van der Waals surface area contributed by atoms with Crippen LogP contribution in [0.3, 0.4) is 0 Å². The molecule has 0 aliphatic heterocycles. The molecular formula is C24H19N3O2. The maximum atomic E-state index is 12.6. The number of hydrogen-bond acceptors (Lipinski definition) is 4. The number of aromatic nitrogens is 2. The number of anilines is 1. The van der Waals surface area contributed by atoms with Crippen molar-refractivity contribution in [1.82, 2.24) is 9.97 Å². The van der Waals surface area contributed by atoms with Crippen LogP contribution in [-0.2, 0) is 0 Å². The minimum absolute atomic E-state index is 0.159. The summed E-state index contributed by atoms with van der Waals surface area (Å²) in [5.41, 5.74) is 4.40. The highest BCUT2D eigenvalue weighted by molar-refractivity contribution is 6.04. The van der Waals surface area contributed by atoms with Crippen molar-refractivity contribution in [2.45, 2.75) is 6.92 Å². The second-order valence-electron chi connectivity index (χ2n) is 6.51. The molecule has 0 spiro atoms. The van der Waals surface area contributed by atoms with Crippen molar-refractivity contribution < 1.29 is 9.53 Å². The molecule has 1 heterocycles. The Bertz CT molecular complexity index is 1110. The summed E-state index contributed by atoms with van der Waals surface area (Å²) < 4.78 is 5.62. The van der Waals surface area contributed by atoms with Crippen molar-refractivity contribution in [2.24, 2.45) is 0 Å². The van der Waals surface area contributed by atoms with Gasteiger partial charge in [-0.1, -0.05) is 42.5 Å². The van der Waals surface area contributed by atoms with Gasteiger partial charge in [-0.25, -0.2) is 9.97 Å². The fourth-order valence-electron chi connectivity index (χ4n) is 2.92. The van der Waals surface area contributed by atoms with Gasteiger partial charge in [0.15, 0.2) is 0 Å². The summed E-state index contributed by atoms with van der Waals surface area (Å²) in [4.78, 5) is 20.7. The van der Waals surface area contributed by atoms with Crippen LogP contribution < -0.4 is 10.1 Å². The summed E-state index contributed by atoms with van der Waals surface area (Å²) >= 11 is 0. The smallest absolute Gasteiger partial charge is 0.321 e. The summed E-state index contributed by atoms with van der Waals surface area (Å²) in [5, 5.41) is 2.95. The van der Waals surface area contributed by atoms with Gasteiger partial charge in [0.25, 0.3) is 5.91 Å². The Kier molecular flexibility index (Phi) is 5.29. The van der Waals surface area contributed by atoms with E-state index in [1.807, 2.05) is 73.7 Å². The highest BCUT2D eigenvalue weighted by Crippen LogP contribution is 2.25. The molecule has 0 aliphatic carbocycles. The van der Waals surface area contributed by atoms with Gasteiger partial charge in [0, 0.05) is 23.6 Å². The third-order valence-electron chi connectivity index (χ3n) is 4.45. The number of amides is 1. The van der Waals surface area contributed by atoms with Gasteiger partial charge < -0.3 is 10.1 Å². The zero-order valence-corrected chi connectivity index (χ0v) is 15.9. The topological polar surface area (TPSA) is 64.1 Å². The van der Waals surface area contributed by atoms with Gasteiger partial charge in [-0.15, -0.1) is 0 Å². The van der Waals surface area contributed by atoms with Crippen molar-refractivity contribution >= 4 is 11.6 Å². The molecule has 0 saturated heterocycles. The van der Waals surface area contributed by atoms with Crippen molar-refractivity contribution in [3.8, 4) is 22.9 Å². The van der Waals surface area contributed by atoms with E-state index in [0.717, 1.165) is 22.4 Å². The lowest BCUT2D eigenvalue weighted by molar-refractivity contribution is 0.102. The van der Waals surface area contributed by atoms with E-state index in [4.69, 9.17) is 4.74 Å². The molecule has 5 heteroatoms. The number of nitrogens with zero attached hydrogens (tertiary/aromatic N) is 2. The summed E-state index contributed by atoms with van der Waals surface area (Å²) in [6.07, 6.45) is 3.24. The van der Waals surface area contributed by atoms with E-state index in [2.05, 4.69) is 15.3 Å². The normalized spacial score (nSPS) is 10.4. The van der Waals surface area contributed by atoms with Gasteiger partial charge >= 0.3 is 6.01 Å². The fraction of sp³-hybridized carbons (Fsp3) is 0.0417. The predicted molar refractivity (Wildman–Crippen MR) is 113 cm³/mol. The quantitative estimate of drug-likeness (QED) is 0.496. The number of aryl methyl sites for hydroxylation is 1. The molecule has 5 nitrogen and oxygen atoms in total. The number of benzene rings is 3. The third kappa shape index (κ3) is 4.47. The van der Waals surface area contributed by atoms with Crippen LogP contribution in [-0.4, -0.2) is 15.9 Å². The monoisotopic (exact) mass is 381 g/mol. The van der Waals surface area contributed by atoms with Crippen molar-refractivity contribution in [3.05, 3.63) is 102 Å². The molecule has 0 bridgehead atoms. The van der Waals surface area contributed by atoms with Crippen LogP contribution in [0.4, 0.5) is 5.69 Å². The standard InChI is InChI=1S/C24H19N3O2/c1-17-16-21(29-24-25-14-5-15-26-24)12-13-22(17)27-23(28)20-10-8-19(9-11-20)18-6-3-2-4-7-18/h2-16H,1H3,(H,27,28). The van der Waals surface area contributed by atoms with E-state index in [1.54, 1.807) is 24.5 Å². The van der Waals surface area contributed by atoms with Gasteiger partial charge in [0.05, 0.1) is 0 Å². The van der Waals surface area contributed by atoms with Crippen LogP contribution >= 0.6 is 0 Å². The van der Waals surface area contributed by atoms with Gasteiger partial charge in [0.2, 0.25) is 0 Å². The lowest BCUT2D eigenvalue weighted by Gasteiger charge is -2.11. The zero-order valence-electron chi connectivity index (χ0n) is 15.9. The minimum Gasteiger partial charge on any atom is -0.424 e. The molecule has 4 rings (SSSR count). The largest absolute Gasteiger partial charge is 0.424 e. The molecule has 142 valence electrons. The lowest BCUT2D eigenvalue weighted by atomic mass is 10.0. The fourth-order valence-corrected chi connectivity index (χ4v) is 2.92. The first-order valence-electron chi connectivity index (χ1n) is 9.21. The second kappa shape index (κ2) is 8.35.